The number of aromatic nitrogens is 2. The number of alkyl halides is 6. The number of hydrogen-bond acceptors (Lipinski definition) is 4. The molecule has 0 atom stereocenters. The first kappa shape index (κ1) is 25.4. The van der Waals surface area contributed by atoms with Crippen LogP contribution >= 0.6 is 0 Å². The first-order valence-corrected chi connectivity index (χ1v) is 10.8. The molecule has 0 bridgehead atoms. The fourth-order valence-corrected chi connectivity index (χ4v) is 3.79. The van der Waals surface area contributed by atoms with Gasteiger partial charge in [0.2, 0.25) is 12.7 Å². The van der Waals surface area contributed by atoms with Gasteiger partial charge in [0.25, 0.3) is 0 Å². The smallest absolute Gasteiger partial charge is 0.416 e. The minimum atomic E-state index is -4.98. The lowest BCUT2D eigenvalue weighted by molar-refractivity contribution is -0.143. The van der Waals surface area contributed by atoms with Gasteiger partial charge in [-0.2, -0.15) is 26.3 Å². The fraction of sp³-hybridized carbons (Fsp3) is 0.333. The molecular formula is C24H21F6N3O3. The van der Waals surface area contributed by atoms with Gasteiger partial charge in [0.1, 0.15) is 5.82 Å². The van der Waals surface area contributed by atoms with Crippen LogP contribution in [0.25, 0.3) is 0 Å². The molecule has 1 aliphatic rings. The third-order valence-corrected chi connectivity index (χ3v) is 5.69. The molecule has 0 aliphatic carbocycles. The van der Waals surface area contributed by atoms with Crippen LogP contribution in [0.15, 0.2) is 48.8 Å². The zero-order chi connectivity index (χ0) is 26.1. The van der Waals surface area contributed by atoms with Gasteiger partial charge >= 0.3 is 12.4 Å². The van der Waals surface area contributed by atoms with Crippen LogP contribution in [0.1, 0.15) is 34.5 Å². The van der Waals surface area contributed by atoms with Crippen molar-refractivity contribution >= 4 is 5.91 Å². The van der Waals surface area contributed by atoms with Crippen molar-refractivity contribution in [2.24, 2.45) is 7.05 Å². The van der Waals surface area contributed by atoms with Crippen molar-refractivity contribution in [3.05, 3.63) is 76.9 Å². The van der Waals surface area contributed by atoms with E-state index in [1.807, 2.05) is 0 Å². The summed E-state index contributed by atoms with van der Waals surface area (Å²) in [4.78, 5) is 18.5. The van der Waals surface area contributed by atoms with Gasteiger partial charge in [-0.05, 0) is 47.9 Å². The molecule has 0 spiro atoms. The van der Waals surface area contributed by atoms with Crippen LogP contribution in [0.3, 0.4) is 0 Å². The lowest BCUT2D eigenvalue weighted by Gasteiger charge is -2.24. The van der Waals surface area contributed by atoms with E-state index in [0.717, 1.165) is 5.56 Å². The number of halogens is 6. The predicted molar refractivity (Wildman–Crippen MR) is 115 cm³/mol. The molecule has 0 saturated carbocycles. The summed E-state index contributed by atoms with van der Waals surface area (Å²) in [5.41, 5.74) is -2.39. The highest BCUT2D eigenvalue weighted by atomic mass is 19.4. The first-order valence-electron chi connectivity index (χ1n) is 10.8. The second kappa shape index (κ2) is 9.75. The average molecular weight is 513 g/mol. The quantitative estimate of drug-likeness (QED) is 0.400. The summed E-state index contributed by atoms with van der Waals surface area (Å²) in [6.07, 6.45) is -6.61. The Morgan fingerprint density at radius 3 is 2.22 bits per heavy atom. The summed E-state index contributed by atoms with van der Waals surface area (Å²) < 4.78 is 92.1. The highest BCUT2D eigenvalue weighted by Gasteiger charge is 2.37. The van der Waals surface area contributed by atoms with Gasteiger partial charge in [-0.25, -0.2) is 4.98 Å². The summed E-state index contributed by atoms with van der Waals surface area (Å²) in [6, 6.07) is 6.51. The Morgan fingerprint density at radius 1 is 0.944 bits per heavy atom. The van der Waals surface area contributed by atoms with E-state index in [4.69, 9.17) is 9.47 Å². The van der Waals surface area contributed by atoms with Crippen LogP contribution in [0.4, 0.5) is 26.3 Å². The van der Waals surface area contributed by atoms with E-state index in [-0.39, 0.29) is 37.8 Å². The van der Waals surface area contributed by atoms with Crippen LogP contribution in [-0.4, -0.2) is 27.2 Å². The molecule has 12 heteroatoms. The van der Waals surface area contributed by atoms with Gasteiger partial charge in [0.05, 0.1) is 17.7 Å². The second-order valence-corrected chi connectivity index (χ2v) is 8.31. The van der Waals surface area contributed by atoms with Gasteiger partial charge < -0.3 is 18.9 Å². The van der Waals surface area contributed by atoms with E-state index < -0.39 is 35.9 Å². The number of nitrogens with zero attached hydrogens (tertiary/aromatic N) is 3. The molecule has 0 radical (unpaired) electrons. The molecule has 1 aromatic heterocycles. The third-order valence-electron chi connectivity index (χ3n) is 5.69. The summed E-state index contributed by atoms with van der Waals surface area (Å²) in [5, 5.41) is 0. The SMILES string of the molecule is Cn1ccnc1CN(Cc1cc(C(F)(F)F)cc(C(F)(F)F)c1)C(=O)CCc1ccc2c(c1)OCO2. The van der Waals surface area contributed by atoms with Crippen molar-refractivity contribution < 1.29 is 40.6 Å². The van der Waals surface area contributed by atoms with Gasteiger partial charge in [0.15, 0.2) is 11.5 Å². The summed E-state index contributed by atoms with van der Waals surface area (Å²) >= 11 is 0. The Kier molecular flexibility index (Phi) is 6.87. The van der Waals surface area contributed by atoms with E-state index in [0.29, 0.717) is 29.5 Å². The van der Waals surface area contributed by atoms with E-state index >= 15 is 0 Å². The maximum absolute atomic E-state index is 13.3. The molecule has 36 heavy (non-hydrogen) atoms. The van der Waals surface area contributed by atoms with Crippen LogP contribution < -0.4 is 9.47 Å². The van der Waals surface area contributed by atoms with Gasteiger partial charge in [-0.15, -0.1) is 0 Å². The predicted octanol–water partition coefficient (Wildman–Crippen LogP) is 5.35. The minimum Gasteiger partial charge on any atom is -0.454 e. The third kappa shape index (κ3) is 5.92. The molecule has 192 valence electrons. The first-order chi connectivity index (χ1) is 16.9. The molecular weight excluding hydrogens is 492 g/mol. The monoisotopic (exact) mass is 513 g/mol. The number of benzene rings is 2. The lowest BCUT2D eigenvalue weighted by Crippen LogP contribution is -2.31. The molecule has 3 aromatic rings. The Balaban J connectivity index is 1.58. The minimum absolute atomic E-state index is 0.0326. The van der Waals surface area contributed by atoms with Crippen LogP contribution in [0.2, 0.25) is 0 Å². The summed E-state index contributed by atoms with van der Waals surface area (Å²) in [5.74, 6) is 1.08. The lowest BCUT2D eigenvalue weighted by atomic mass is 10.0. The molecule has 4 rings (SSSR count). The van der Waals surface area contributed by atoms with Crippen LogP contribution in [-0.2, 0) is 43.7 Å². The van der Waals surface area contributed by atoms with Gasteiger partial charge in [0, 0.05) is 32.4 Å². The fourth-order valence-electron chi connectivity index (χ4n) is 3.79. The van der Waals surface area contributed by atoms with Crippen molar-refractivity contribution in [2.75, 3.05) is 6.79 Å². The molecule has 0 fully saturated rings. The van der Waals surface area contributed by atoms with Gasteiger partial charge in [-0.1, -0.05) is 6.07 Å². The topological polar surface area (TPSA) is 56.6 Å². The second-order valence-electron chi connectivity index (χ2n) is 8.31. The van der Waals surface area contributed by atoms with Crippen molar-refractivity contribution in [1.29, 1.82) is 0 Å². The Morgan fingerprint density at radius 2 is 1.61 bits per heavy atom. The Bertz CT molecular complexity index is 1220. The molecule has 0 unspecified atom stereocenters. The number of aryl methyl sites for hydroxylation is 2. The normalized spacial score (nSPS) is 13.2. The molecule has 0 N–H and O–H groups in total. The van der Waals surface area contributed by atoms with E-state index in [1.165, 1.54) is 11.1 Å². The number of carbonyl (C=O) groups excluding carboxylic acids is 1. The number of amides is 1. The molecule has 1 amide bonds. The van der Waals surface area contributed by atoms with Crippen LogP contribution in [0, 0.1) is 0 Å². The van der Waals surface area contributed by atoms with E-state index in [1.54, 1.807) is 36.0 Å². The molecule has 6 nitrogen and oxygen atoms in total. The number of carbonyl (C=O) groups is 1. The molecule has 0 saturated heterocycles. The largest absolute Gasteiger partial charge is 0.454 e. The highest BCUT2D eigenvalue weighted by molar-refractivity contribution is 5.76. The molecule has 1 aliphatic heterocycles. The van der Waals surface area contributed by atoms with Crippen molar-refractivity contribution in [3.63, 3.8) is 0 Å². The number of imidazole rings is 1. The maximum atomic E-state index is 13.3. The van der Waals surface area contributed by atoms with E-state index in [9.17, 15) is 31.1 Å². The number of ether oxygens (including phenoxy) is 2. The number of hydrogen-bond donors (Lipinski definition) is 0. The van der Waals surface area contributed by atoms with Crippen molar-refractivity contribution in [2.45, 2.75) is 38.3 Å². The molecule has 2 aromatic carbocycles. The zero-order valence-corrected chi connectivity index (χ0v) is 19.0. The average Bonchev–Trinajstić information content (AvgIpc) is 3.44. The Hall–Kier alpha value is -3.70. The maximum Gasteiger partial charge on any atom is 0.416 e. The van der Waals surface area contributed by atoms with Crippen molar-refractivity contribution in [3.8, 4) is 11.5 Å². The van der Waals surface area contributed by atoms with Crippen LogP contribution in [0.5, 0.6) is 11.5 Å². The number of rotatable bonds is 7. The Labute approximate surface area is 202 Å². The molecule has 2 heterocycles. The zero-order valence-electron chi connectivity index (χ0n) is 19.0. The van der Waals surface area contributed by atoms with Gasteiger partial charge in [-0.3, -0.25) is 4.79 Å². The standard InChI is InChI=1S/C24H21F6N3O3/c1-32-7-6-31-21(32)13-33(22(34)5-3-15-2-4-19-20(10-15)36-14-35-19)12-16-8-17(23(25,26)27)11-18(9-16)24(28,29)30/h2,4,6-11H,3,5,12-14H2,1H3. The van der Waals surface area contributed by atoms with Crippen molar-refractivity contribution in [1.82, 2.24) is 14.5 Å². The summed E-state index contributed by atoms with van der Waals surface area (Å²) in [7, 11) is 1.67. The number of fused-ring (bicyclic) bond motifs is 1. The summed E-state index contributed by atoms with van der Waals surface area (Å²) in [6.45, 7) is -0.465. The highest BCUT2D eigenvalue weighted by Crippen LogP contribution is 2.37. The van der Waals surface area contributed by atoms with E-state index in [2.05, 4.69) is 4.98 Å².